The van der Waals surface area contributed by atoms with Crippen LogP contribution in [0.4, 0.5) is 10.7 Å². The number of piperidine rings is 1. The lowest BCUT2D eigenvalue weighted by molar-refractivity contribution is 0.0991. The molecule has 1 saturated heterocycles. The van der Waals surface area contributed by atoms with Crippen LogP contribution >= 0.6 is 34.2 Å². The Hall–Kier alpha value is -2.01. The molecule has 27 heavy (non-hydrogen) atoms. The van der Waals surface area contributed by atoms with E-state index >= 15 is 0 Å². The number of carbonyl (C=O) groups excluding carboxylic acids is 1. The maximum atomic E-state index is 12.0. The average molecular weight is 504 g/mol. The molecule has 2 amide bonds. The molecule has 3 rings (SSSR count). The quantitative estimate of drug-likeness (QED) is 0.543. The van der Waals surface area contributed by atoms with Crippen LogP contribution in [0.15, 0.2) is 24.3 Å². The second-order valence-electron chi connectivity index (χ2n) is 6.33. The third-order valence-corrected chi connectivity index (χ3v) is 5.58. The van der Waals surface area contributed by atoms with Crippen molar-refractivity contribution in [3.05, 3.63) is 44.2 Å². The number of nitrogens with zero attached hydrogens (tertiary/aromatic N) is 3. The molecule has 2 aromatic rings. The van der Waals surface area contributed by atoms with Gasteiger partial charge in [0.15, 0.2) is 0 Å². The van der Waals surface area contributed by atoms with Gasteiger partial charge in [-0.3, -0.25) is 4.79 Å². The summed E-state index contributed by atoms with van der Waals surface area (Å²) in [5.74, 6) is 0.0208. The van der Waals surface area contributed by atoms with Gasteiger partial charge in [-0.2, -0.15) is 0 Å². The monoisotopic (exact) mass is 503 g/mol. The maximum absolute atomic E-state index is 12.0. The Bertz CT molecular complexity index is 872. The SMILES string of the molecule is NC(=O)c1c(I)nc(N2CCC[C@@H](NC(=O)O)C2)n1Cc1ccccc1Cl. The van der Waals surface area contributed by atoms with Gasteiger partial charge in [-0.05, 0) is 47.1 Å². The molecule has 1 aromatic heterocycles. The van der Waals surface area contributed by atoms with E-state index in [0.717, 1.165) is 18.4 Å². The second kappa shape index (κ2) is 8.34. The van der Waals surface area contributed by atoms with E-state index in [-0.39, 0.29) is 6.04 Å². The zero-order valence-corrected chi connectivity index (χ0v) is 17.3. The number of amides is 2. The van der Waals surface area contributed by atoms with Gasteiger partial charge >= 0.3 is 6.09 Å². The molecule has 0 saturated carbocycles. The summed E-state index contributed by atoms with van der Waals surface area (Å²) in [7, 11) is 0. The van der Waals surface area contributed by atoms with Crippen molar-refractivity contribution in [2.24, 2.45) is 5.73 Å². The summed E-state index contributed by atoms with van der Waals surface area (Å²) in [5.41, 5.74) is 6.76. The fraction of sp³-hybridized carbons (Fsp3) is 0.353. The van der Waals surface area contributed by atoms with Gasteiger partial charge in [-0.15, -0.1) is 0 Å². The van der Waals surface area contributed by atoms with Gasteiger partial charge in [0.2, 0.25) is 5.95 Å². The van der Waals surface area contributed by atoms with Crippen LogP contribution in [0.1, 0.15) is 28.9 Å². The van der Waals surface area contributed by atoms with Crippen LogP contribution < -0.4 is 16.0 Å². The molecular formula is C17H19ClIN5O3. The number of aromatic nitrogens is 2. The fourth-order valence-corrected chi connectivity index (χ4v) is 4.25. The van der Waals surface area contributed by atoms with E-state index in [1.807, 2.05) is 45.7 Å². The van der Waals surface area contributed by atoms with Crippen LogP contribution in [0.5, 0.6) is 0 Å². The third-order valence-electron chi connectivity index (χ3n) is 4.46. The zero-order valence-electron chi connectivity index (χ0n) is 14.4. The number of anilines is 1. The van der Waals surface area contributed by atoms with Crippen LogP contribution in [0, 0.1) is 3.70 Å². The number of carbonyl (C=O) groups is 2. The Labute approximate surface area is 174 Å². The predicted molar refractivity (Wildman–Crippen MR) is 110 cm³/mol. The molecule has 2 heterocycles. The van der Waals surface area contributed by atoms with Crippen LogP contribution in [-0.2, 0) is 6.54 Å². The van der Waals surface area contributed by atoms with Crippen molar-refractivity contribution in [1.82, 2.24) is 14.9 Å². The molecule has 1 aliphatic heterocycles. The molecule has 0 radical (unpaired) electrons. The van der Waals surface area contributed by atoms with E-state index in [1.54, 1.807) is 10.6 Å². The number of hydrogen-bond acceptors (Lipinski definition) is 4. The first kappa shape index (κ1) is 19.7. The largest absolute Gasteiger partial charge is 0.465 e. The van der Waals surface area contributed by atoms with Crippen molar-refractivity contribution in [2.45, 2.75) is 25.4 Å². The summed E-state index contributed by atoms with van der Waals surface area (Å²) in [6.45, 7) is 1.53. The van der Waals surface area contributed by atoms with Crippen molar-refractivity contribution in [3.63, 3.8) is 0 Å². The number of imidazole rings is 1. The summed E-state index contributed by atoms with van der Waals surface area (Å²) < 4.78 is 2.27. The first-order chi connectivity index (χ1) is 12.9. The Morgan fingerprint density at radius 1 is 1.41 bits per heavy atom. The van der Waals surface area contributed by atoms with Gasteiger partial charge in [0.25, 0.3) is 5.91 Å². The Balaban J connectivity index is 1.97. The molecule has 4 N–H and O–H groups in total. The molecule has 10 heteroatoms. The predicted octanol–water partition coefficient (Wildman–Crippen LogP) is 2.52. The van der Waals surface area contributed by atoms with Gasteiger partial charge < -0.3 is 25.6 Å². The van der Waals surface area contributed by atoms with E-state index in [0.29, 0.717) is 40.0 Å². The Morgan fingerprint density at radius 2 is 2.15 bits per heavy atom. The fourth-order valence-electron chi connectivity index (χ4n) is 3.29. The number of nitrogens with two attached hydrogens (primary N) is 1. The average Bonchev–Trinajstić information content (AvgIpc) is 2.93. The van der Waals surface area contributed by atoms with Crippen molar-refractivity contribution in [3.8, 4) is 0 Å². The summed E-state index contributed by atoms with van der Waals surface area (Å²) in [4.78, 5) is 29.5. The van der Waals surface area contributed by atoms with Gasteiger partial charge in [0, 0.05) is 24.2 Å². The molecule has 1 fully saturated rings. The summed E-state index contributed by atoms with van der Waals surface area (Å²) in [6, 6.07) is 7.19. The Kier molecular flexibility index (Phi) is 6.10. The minimum Gasteiger partial charge on any atom is -0.465 e. The van der Waals surface area contributed by atoms with Gasteiger partial charge in [-0.25, -0.2) is 9.78 Å². The van der Waals surface area contributed by atoms with Crippen LogP contribution in [0.2, 0.25) is 5.02 Å². The molecule has 0 unspecified atom stereocenters. The second-order valence-corrected chi connectivity index (χ2v) is 7.76. The summed E-state index contributed by atoms with van der Waals surface area (Å²) >= 11 is 8.28. The summed E-state index contributed by atoms with van der Waals surface area (Å²) in [6.07, 6.45) is 0.522. The van der Waals surface area contributed by atoms with Crippen LogP contribution in [0.25, 0.3) is 0 Å². The number of primary amides is 1. The highest BCUT2D eigenvalue weighted by Crippen LogP contribution is 2.27. The minimum atomic E-state index is -1.05. The molecule has 1 aliphatic rings. The van der Waals surface area contributed by atoms with Crippen LogP contribution in [-0.4, -0.2) is 45.8 Å². The van der Waals surface area contributed by atoms with E-state index < -0.39 is 12.0 Å². The lowest BCUT2D eigenvalue weighted by atomic mass is 10.1. The van der Waals surface area contributed by atoms with Gasteiger partial charge in [0.1, 0.15) is 9.39 Å². The number of nitrogens with one attached hydrogen (secondary N) is 1. The maximum Gasteiger partial charge on any atom is 0.404 e. The highest BCUT2D eigenvalue weighted by Gasteiger charge is 2.28. The first-order valence-electron chi connectivity index (χ1n) is 8.40. The number of benzene rings is 1. The van der Waals surface area contributed by atoms with E-state index in [1.165, 1.54) is 0 Å². The smallest absolute Gasteiger partial charge is 0.404 e. The van der Waals surface area contributed by atoms with Crippen LogP contribution in [0.3, 0.4) is 0 Å². The lowest BCUT2D eigenvalue weighted by Crippen LogP contribution is -2.48. The molecule has 0 spiro atoms. The van der Waals surface area contributed by atoms with Crippen molar-refractivity contribution in [2.75, 3.05) is 18.0 Å². The zero-order chi connectivity index (χ0) is 19.6. The molecule has 0 bridgehead atoms. The molecule has 144 valence electrons. The number of halogens is 2. The molecule has 0 aliphatic carbocycles. The van der Waals surface area contributed by atoms with Crippen molar-refractivity contribution >= 4 is 52.1 Å². The van der Waals surface area contributed by atoms with Gasteiger partial charge in [0.05, 0.1) is 6.54 Å². The lowest BCUT2D eigenvalue weighted by Gasteiger charge is -2.33. The van der Waals surface area contributed by atoms with Crippen molar-refractivity contribution < 1.29 is 14.7 Å². The highest BCUT2D eigenvalue weighted by atomic mass is 127. The Morgan fingerprint density at radius 3 is 2.81 bits per heavy atom. The highest BCUT2D eigenvalue weighted by molar-refractivity contribution is 14.1. The van der Waals surface area contributed by atoms with Crippen molar-refractivity contribution in [1.29, 1.82) is 0 Å². The standard InChI is InChI=1S/C17H19ClIN5O3/c18-12-6-2-1-4-10(12)8-24-13(15(20)25)14(19)22-16(24)23-7-3-5-11(9-23)21-17(26)27/h1-2,4,6,11,21H,3,5,7-9H2,(H2,20,25)(H,26,27)/t11-/m1/s1. The number of rotatable bonds is 5. The topological polar surface area (TPSA) is 113 Å². The first-order valence-corrected chi connectivity index (χ1v) is 9.86. The molecule has 8 nitrogen and oxygen atoms in total. The number of carboxylic acid groups (broad SMARTS) is 1. The minimum absolute atomic E-state index is 0.198. The molecule has 1 atom stereocenters. The normalized spacial score (nSPS) is 17.0. The van der Waals surface area contributed by atoms with E-state index in [9.17, 15) is 9.59 Å². The van der Waals surface area contributed by atoms with Gasteiger partial charge in [-0.1, -0.05) is 29.8 Å². The third kappa shape index (κ3) is 4.46. The molecule has 1 aromatic carbocycles. The summed E-state index contributed by atoms with van der Waals surface area (Å²) in [5, 5.41) is 12.1. The number of hydrogen-bond donors (Lipinski definition) is 3. The molecular weight excluding hydrogens is 485 g/mol. The van der Waals surface area contributed by atoms with E-state index in [2.05, 4.69) is 10.3 Å². The van der Waals surface area contributed by atoms with E-state index in [4.69, 9.17) is 22.4 Å².